The molecule has 0 bridgehead atoms. The van der Waals surface area contributed by atoms with Gasteiger partial charge in [0.1, 0.15) is 11.3 Å². The number of aromatic nitrogens is 2. The zero-order chi connectivity index (χ0) is 14.8. The van der Waals surface area contributed by atoms with Gasteiger partial charge in [0.05, 0.1) is 24.9 Å². The second kappa shape index (κ2) is 5.35. The van der Waals surface area contributed by atoms with Gasteiger partial charge in [-0.1, -0.05) is 12.1 Å². The summed E-state index contributed by atoms with van der Waals surface area (Å²) in [5, 5.41) is 24.1. The molecule has 0 aliphatic carbocycles. The van der Waals surface area contributed by atoms with Gasteiger partial charge in [0.15, 0.2) is 5.75 Å². The van der Waals surface area contributed by atoms with Crippen LogP contribution in [-0.4, -0.2) is 22.0 Å². The number of ether oxygens (including phenoxy) is 1. The number of methoxy groups -OCH3 is 1. The first-order valence-electron chi connectivity index (χ1n) is 6.37. The van der Waals surface area contributed by atoms with Crippen LogP contribution in [0.5, 0.6) is 5.75 Å². The summed E-state index contributed by atoms with van der Waals surface area (Å²) in [7, 11) is 1.54. The summed E-state index contributed by atoms with van der Waals surface area (Å²) in [6, 6.07) is 8.99. The van der Waals surface area contributed by atoms with Crippen LogP contribution < -0.4 is 4.74 Å². The van der Waals surface area contributed by atoms with Gasteiger partial charge in [-0.2, -0.15) is 10.4 Å². The molecule has 0 spiro atoms. The number of benzene rings is 1. The quantitative estimate of drug-likeness (QED) is 0.923. The molecule has 1 atom stereocenters. The molecule has 0 aliphatic rings. The highest BCUT2D eigenvalue weighted by atomic mass is 16.5. The molecule has 0 aliphatic heterocycles. The molecule has 1 aromatic carbocycles. The fourth-order valence-electron chi connectivity index (χ4n) is 2.28. The minimum atomic E-state index is -1.29. The molecule has 1 aromatic heterocycles. The minimum absolute atomic E-state index is 0.504. The number of aryl methyl sites for hydroxylation is 1. The molecule has 0 amide bonds. The fraction of sp³-hybridized carbons (Fsp3) is 0.333. The van der Waals surface area contributed by atoms with Crippen molar-refractivity contribution in [3.63, 3.8) is 0 Å². The maximum absolute atomic E-state index is 10.9. The van der Waals surface area contributed by atoms with Crippen LogP contribution in [0.2, 0.25) is 0 Å². The van der Waals surface area contributed by atoms with E-state index in [0.717, 1.165) is 0 Å². The van der Waals surface area contributed by atoms with Crippen molar-refractivity contribution in [2.75, 3.05) is 7.11 Å². The van der Waals surface area contributed by atoms with Gasteiger partial charge in [-0.25, -0.2) is 0 Å². The van der Waals surface area contributed by atoms with E-state index in [1.54, 1.807) is 49.2 Å². The maximum atomic E-state index is 10.9. The highest BCUT2D eigenvalue weighted by molar-refractivity contribution is 5.43. The van der Waals surface area contributed by atoms with E-state index < -0.39 is 5.60 Å². The van der Waals surface area contributed by atoms with Crippen molar-refractivity contribution >= 4 is 0 Å². The molecule has 2 aromatic rings. The van der Waals surface area contributed by atoms with E-state index >= 15 is 0 Å². The summed E-state index contributed by atoms with van der Waals surface area (Å²) in [5.74, 6) is 0.527. The molecule has 0 radical (unpaired) electrons. The molecule has 20 heavy (non-hydrogen) atoms. The Morgan fingerprint density at radius 2 is 2.25 bits per heavy atom. The Bertz CT molecular complexity index is 632. The van der Waals surface area contributed by atoms with Gasteiger partial charge in [-0.15, -0.1) is 0 Å². The van der Waals surface area contributed by atoms with Crippen molar-refractivity contribution in [1.29, 1.82) is 5.26 Å². The Kier molecular flexibility index (Phi) is 3.77. The number of aliphatic hydroxyl groups is 1. The van der Waals surface area contributed by atoms with Gasteiger partial charge in [0, 0.05) is 6.54 Å². The van der Waals surface area contributed by atoms with E-state index in [4.69, 9.17) is 10.00 Å². The maximum Gasteiger partial charge on any atom is 0.163 e. The standard InChI is InChI=1S/C15H17N3O2/c1-4-18-14(13(20-3)10-17-18)15(2,19)12-7-5-6-11(8-12)9-16/h5-8,10,19H,4H2,1-3H3. The van der Waals surface area contributed by atoms with Gasteiger partial charge in [-0.05, 0) is 31.5 Å². The van der Waals surface area contributed by atoms with Crippen molar-refractivity contribution in [1.82, 2.24) is 9.78 Å². The number of nitriles is 1. The van der Waals surface area contributed by atoms with E-state index in [9.17, 15) is 5.11 Å². The van der Waals surface area contributed by atoms with E-state index in [2.05, 4.69) is 11.2 Å². The van der Waals surface area contributed by atoms with Crippen LogP contribution >= 0.6 is 0 Å². The van der Waals surface area contributed by atoms with Crippen LogP contribution in [0.15, 0.2) is 30.5 Å². The second-order valence-electron chi connectivity index (χ2n) is 4.64. The van der Waals surface area contributed by atoms with Gasteiger partial charge in [0.2, 0.25) is 0 Å². The van der Waals surface area contributed by atoms with E-state index in [0.29, 0.717) is 29.1 Å². The summed E-state index contributed by atoms with van der Waals surface area (Å²) in [4.78, 5) is 0. The Labute approximate surface area is 118 Å². The van der Waals surface area contributed by atoms with Crippen LogP contribution in [0, 0.1) is 11.3 Å². The molecule has 0 saturated carbocycles. The van der Waals surface area contributed by atoms with Crippen LogP contribution in [-0.2, 0) is 12.1 Å². The number of nitrogens with zero attached hydrogens (tertiary/aromatic N) is 3. The van der Waals surface area contributed by atoms with Crippen LogP contribution in [0.1, 0.15) is 30.7 Å². The normalized spacial score (nSPS) is 13.6. The topological polar surface area (TPSA) is 71.1 Å². The van der Waals surface area contributed by atoms with Gasteiger partial charge in [0.25, 0.3) is 0 Å². The zero-order valence-electron chi connectivity index (χ0n) is 11.8. The molecule has 5 heteroatoms. The number of hydrogen-bond donors (Lipinski definition) is 1. The van der Waals surface area contributed by atoms with E-state index in [1.165, 1.54) is 0 Å². The lowest BCUT2D eigenvalue weighted by Crippen LogP contribution is -2.27. The molecule has 1 N–H and O–H groups in total. The average Bonchev–Trinajstić information content (AvgIpc) is 2.91. The predicted molar refractivity (Wildman–Crippen MR) is 74.3 cm³/mol. The largest absolute Gasteiger partial charge is 0.493 e. The first kappa shape index (κ1) is 14.1. The Balaban J connectivity index is 2.59. The molecule has 1 heterocycles. The molecule has 5 nitrogen and oxygen atoms in total. The van der Waals surface area contributed by atoms with E-state index in [-0.39, 0.29) is 0 Å². The summed E-state index contributed by atoms with van der Waals surface area (Å²) < 4.78 is 6.98. The smallest absolute Gasteiger partial charge is 0.163 e. The highest BCUT2D eigenvalue weighted by Crippen LogP contribution is 2.35. The average molecular weight is 271 g/mol. The zero-order valence-corrected chi connectivity index (χ0v) is 11.8. The first-order chi connectivity index (χ1) is 9.54. The van der Waals surface area contributed by atoms with Crippen molar-refractivity contribution in [2.45, 2.75) is 26.0 Å². The lowest BCUT2D eigenvalue weighted by atomic mass is 9.91. The second-order valence-corrected chi connectivity index (χ2v) is 4.64. The summed E-state index contributed by atoms with van der Waals surface area (Å²) >= 11 is 0. The molecule has 0 fully saturated rings. The molecular weight excluding hydrogens is 254 g/mol. The Hall–Kier alpha value is -2.32. The number of rotatable bonds is 4. The van der Waals surface area contributed by atoms with Crippen LogP contribution in [0.3, 0.4) is 0 Å². The number of hydrogen-bond acceptors (Lipinski definition) is 4. The Morgan fingerprint density at radius 1 is 1.50 bits per heavy atom. The van der Waals surface area contributed by atoms with Gasteiger partial charge in [-0.3, -0.25) is 4.68 Å². The molecule has 1 unspecified atom stereocenters. The van der Waals surface area contributed by atoms with E-state index in [1.807, 2.05) is 6.92 Å². The summed E-state index contributed by atoms with van der Waals surface area (Å²) in [6.07, 6.45) is 1.58. The summed E-state index contributed by atoms with van der Waals surface area (Å²) in [6.45, 7) is 4.24. The van der Waals surface area contributed by atoms with Crippen molar-refractivity contribution in [3.05, 3.63) is 47.3 Å². The highest BCUT2D eigenvalue weighted by Gasteiger charge is 2.33. The lowest BCUT2D eigenvalue weighted by Gasteiger charge is -2.26. The SMILES string of the molecule is CCn1ncc(OC)c1C(C)(O)c1cccc(C#N)c1. The molecule has 104 valence electrons. The summed E-state index contributed by atoms with van der Waals surface area (Å²) in [5.41, 5.74) is 0.428. The predicted octanol–water partition coefficient (Wildman–Crippen LogP) is 2.04. The monoisotopic (exact) mass is 271 g/mol. The van der Waals surface area contributed by atoms with Crippen molar-refractivity contribution in [2.24, 2.45) is 0 Å². The molecular formula is C15H17N3O2. The minimum Gasteiger partial charge on any atom is -0.493 e. The van der Waals surface area contributed by atoms with Crippen LogP contribution in [0.25, 0.3) is 0 Å². The third kappa shape index (κ3) is 2.26. The van der Waals surface area contributed by atoms with Crippen LogP contribution in [0.4, 0.5) is 0 Å². The van der Waals surface area contributed by atoms with Crippen molar-refractivity contribution < 1.29 is 9.84 Å². The first-order valence-corrected chi connectivity index (χ1v) is 6.37. The van der Waals surface area contributed by atoms with Gasteiger partial charge >= 0.3 is 0 Å². The lowest BCUT2D eigenvalue weighted by molar-refractivity contribution is 0.0885. The molecule has 0 saturated heterocycles. The van der Waals surface area contributed by atoms with Gasteiger partial charge < -0.3 is 9.84 Å². The van der Waals surface area contributed by atoms with Crippen molar-refractivity contribution in [3.8, 4) is 11.8 Å². The molecule has 2 rings (SSSR count). The third-order valence-electron chi connectivity index (χ3n) is 3.34. The fourth-order valence-corrected chi connectivity index (χ4v) is 2.28. The third-order valence-corrected chi connectivity index (χ3v) is 3.34. The Morgan fingerprint density at radius 3 is 2.85 bits per heavy atom.